The van der Waals surface area contributed by atoms with E-state index in [1.165, 1.54) is 0 Å². The van der Waals surface area contributed by atoms with E-state index >= 15 is 0 Å². The number of hydrogen-bond acceptors (Lipinski definition) is 3. The number of rotatable bonds is 3. The summed E-state index contributed by atoms with van der Waals surface area (Å²) in [5.74, 6) is 0.634. The molecule has 0 aliphatic carbocycles. The molecule has 162 valence electrons. The van der Waals surface area contributed by atoms with Crippen LogP contribution in [-0.2, 0) is 0 Å². The van der Waals surface area contributed by atoms with Crippen molar-refractivity contribution in [2.75, 3.05) is 25.0 Å². The summed E-state index contributed by atoms with van der Waals surface area (Å²) in [5, 5.41) is 16.0. The Bertz CT molecular complexity index is 986. The highest BCUT2D eigenvalue weighted by Gasteiger charge is 2.33. The normalized spacial score (nSPS) is 16.8. The number of urea groups is 1. The van der Waals surface area contributed by atoms with Crippen molar-refractivity contribution >= 4 is 46.6 Å². The molecule has 31 heavy (non-hydrogen) atoms. The summed E-state index contributed by atoms with van der Waals surface area (Å²) in [6, 6.07) is 14.0. The first-order chi connectivity index (χ1) is 14.9. The van der Waals surface area contributed by atoms with Gasteiger partial charge in [-0.3, -0.25) is 5.32 Å². The molecular weight excluding hydrogens is 435 g/mol. The van der Waals surface area contributed by atoms with Crippen molar-refractivity contribution in [3.8, 4) is 6.19 Å². The summed E-state index contributed by atoms with van der Waals surface area (Å²) in [6.07, 6.45) is 1.97. The molecule has 0 bridgehead atoms. The van der Waals surface area contributed by atoms with Gasteiger partial charge in [-0.15, -0.1) is 0 Å². The van der Waals surface area contributed by atoms with Gasteiger partial charge in [-0.2, -0.15) is 5.26 Å². The molecule has 0 saturated carbocycles. The molecular formula is C22H24Cl2N6O. The summed E-state index contributed by atoms with van der Waals surface area (Å²) < 4.78 is 0. The van der Waals surface area contributed by atoms with Crippen LogP contribution in [0.2, 0.25) is 10.0 Å². The van der Waals surface area contributed by atoms with E-state index < -0.39 is 0 Å². The third-order valence-electron chi connectivity index (χ3n) is 5.09. The zero-order valence-corrected chi connectivity index (χ0v) is 18.9. The molecule has 0 radical (unpaired) electrons. The second kappa shape index (κ2) is 10.4. The number of carbonyl (C=O) groups excluding carboxylic acids is 1. The Morgan fingerprint density at radius 3 is 2.52 bits per heavy atom. The van der Waals surface area contributed by atoms with Gasteiger partial charge in [0, 0.05) is 30.3 Å². The fraction of sp³-hybridized carbons (Fsp3) is 0.318. The van der Waals surface area contributed by atoms with Gasteiger partial charge in [0.2, 0.25) is 5.96 Å². The minimum atomic E-state index is -0.176. The number of nitriles is 1. The van der Waals surface area contributed by atoms with Gasteiger partial charge in [0.15, 0.2) is 6.19 Å². The molecule has 1 aliphatic heterocycles. The summed E-state index contributed by atoms with van der Waals surface area (Å²) in [7, 11) is 0. The number of hydrogen-bond donors (Lipinski definition) is 2. The standard InChI is InChI=1S/C22H24Cl2N6O/c1-15(2)20-13-29(22(31)27-17-9-7-16(23)8-10-17)11-12-30(20)21(26-14-25)28-19-6-4-3-5-18(19)24/h3-10,15,20H,11-13H2,1-2H3,(H,26,28)(H,27,31). The van der Waals surface area contributed by atoms with Gasteiger partial charge < -0.3 is 15.1 Å². The van der Waals surface area contributed by atoms with E-state index in [1.54, 1.807) is 41.3 Å². The zero-order chi connectivity index (χ0) is 22.4. The minimum Gasteiger partial charge on any atom is -0.335 e. The topological polar surface area (TPSA) is 83.8 Å². The second-order valence-corrected chi connectivity index (χ2v) is 8.36. The third kappa shape index (κ3) is 5.81. The number of guanidine groups is 1. The Balaban J connectivity index is 1.78. The number of nitrogens with zero attached hydrogens (tertiary/aromatic N) is 4. The second-order valence-electron chi connectivity index (χ2n) is 7.51. The van der Waals surface area contributed by atoms with Crippen LogP contribution in [0, 0.1) is 17.4 Å². The van der Waals surface area contributed by atoms with Crippen molar-refractivity contribution in [3.05, 3.63) is 58.6 Å². The van der Waals surface area contributed by atoms with E-state index in [2.05, 4.69) is 29.5 Å². The molecule has 1 unspecified atom stereocenters. The smallest absolute Gasteiger partial charge is 0.321 e. The van der Waals surface area contributed by atoms with Crippen molar-refractivity contribution in [1.29, 1.82) is 5.26 Å². The maximum atomic E-state index is 12.8. The van der Waals surface area contributed by atoms with Gasteiger partial charge in [0.25, 0.3) is 0 Å². The Hall–Kier alpha value is -2.95. The first-order valence-electron chi connectivity index (χ1n) is 9.95. The Kier molecular flexibility index (Phi) is 7.61. The van der Waals surface area contributed by atoms with Gasteiger partial charge in [-0.1, -0.05) is 49.2 Å². The van der Waals surface area contributed by atoms with Crippen LogP contribution < -0.4 is 10.6 Å². The van der Waals surface area contributed by atoms with Crippen molar-refractivity contribution in [2.24, 2.45) is 10.9 Å². The van der Waals surface area contributed by atoms with E-state index in [9.17, 15) is 10.1 Å². The van der Waals surface area contributed by atoms with Crippen molar-refractivity contribution < 1.29 is 4.79 Å². The van der Waals surface area contributed by atoms with Gasteiger partial charge in [-0.25, -0.2) is 9.79 Å². The van der Waals surface area contributed by atoms with Crippen LogP contribution in [0.15, 0.2) is 53.5 Å². The van der Waals surface area contributed by atoms with Crippen LogP contribution >= 0.6 is 23.2 Å². The quantitative estimate of drug-likeness (QED) is 0.295. The molecule has 3 rings (SSSR count). The maximum Gasteiger partial charge on any atom is 0.321 e. The predicted octanol–water partition coefficient (Wildman–Crippen LogP) is 4.93. The molecule has 7 nitrogen and oxygen atoms in total. The molecule has 2 N–H and O–H groups in total. The Labute approximate surface area is 192 Å². The lowest BCUT2D eigenvalue weighted by molar-refractivity contribution is 0.118. The Morgan fingerprint density at radius 1 is 1.16 bits per heavy atom. The SMILES string of the molecule is CC(C)C1CN(C(=O)Nc2ccc(Cl)cc2)CCN1C(=Nc1ccccc1Cl)NC#N. The fourth-order valence-corrected chi connectivity index (χ4v) is 3.74. The Morgan fingerprint density at radius 2 is 1.87 bits per heavy atom. The molecule has 1 atom stereocenters. The molecule has 1 aliphatic rings. The number of benzene rings is 2. The number of halogens is 2. The van der Waals surface area contributed by atoms with Crippen molar-refractivity contribution in [3.63, 3.8) is 0 Å². The number of aliphatic imine (C=N–C) groups is 1. The van der Waals surface area contributed by atoms with Crippen molar-refractivity contribution in [1.82, 2.24) is 15.1 Å². The molecule has 0 spiro atoms. The predicted molar refractivity (Wildman–Crippen MR) is 125 cm³/mol. The van der Waals surface area contributed by atoms with Crippen LogP contribution in [-0.4, -0.2) is 47.5 Å². The molecule has 2 aromatic carbocycles. The summed E-state index contributed by atoms with van der Waals surface area (Å²) in [6.45, 7) is 5.66. The highest BCUT2D eigenvalue weighted by atomic mass is 35.5. The molecule has 1 heterocycles. The molecule has 0 aromatic heterocycles. The van der Waals surface area contributed by atoms with Crippen LogP contribution in [0.4, 0.5) is 16.2 Å². The molecule has 9 heteroatoms. The fourth-order valence-electron chi connectivity index (χ4n) is 3.43. The van der Waals surface area contributed by atoms with Crippen LogP contribution in [0.5, 0.6) is 0 Å². The highest BCUT2D eigenvalue weighted by Crippen LogP contribution is 2.26. The average molecular weight is 459 g/mol. The lowest BCUT2D eigenvalue weighted by Crippen LogP contribution is -2.60. The van der Waals surface area contributed by atoms with E-state index in [1.807, 2.05) is 23.2 Å². The number of anilines is 1. The molecule has 2 amide bonds. The molecule has 1 fully saturated rings. The summed E-state index contributed by atoms with van der Waals surface area (Å²) in [5.41, 5.74) is 1.26. The van der Waals surface area contributed by atoms with Crippen molar-refractivity contribution in [2.45, 2.75) is 19.9 Å². The maximum absolute atomic E-state index is 12.8. The van der Waals surface area contributed by atoms with E-state index in [0.717, 1.165) is 0 Å². The first-order valence-corrected chi connectivity index (χ1v) is 10.7. The lowest BCUT2D eigenvalue weighted by atomic mass is 10.00. The van der Waals surface area contributed by atoms with Gasteiger partial charge in [-0.05, 0) is 42.3 Å². The first kappa shape index (κ1) is 22.7. The lowest BCUT2D eigenvalue weighted by Gasteiger charge is -2.44. The highest BCUT2D eigenvalue weighted by molar-refractivity contribution is 6.33. The van der Waals surface area contributed by atoms with Crippen LogP contribution in [0.1, 0.15) is 13.8 Å². The molecule has 1 saturated heterocycles. The van der Waals surface area contributed by atoms with E-state index in [-0.39, 0.29) is 18.0 Å². The van der Waals surface area contributed by atoms with Crippen LogP contribution in [0.3, 0.4) is 0 Å². The monoisotopic (exact) mass is 458 g/mol. The third-order valence-corrected chi connectivity index (χ3v) is 5.66. The van der Waals surface area contributed by atoms with Crippen LogP contribution in [0.25, 0.3) is 0 Å². The number of para-hydroxylation sites is 1. The van der Waals surface area contributed by atoms with Gasteiger partial charge >= 0.3 is 6.03 Å². The van der Waals surface area contributed by atoms with Gasteiger partial charge in [0.05, 0.1) is 16.8 Å². The number of amides is 2. The largest absolute Gasteiger partial charge is 0.335 e. The molecule has 2 aromatic rings. The minimum absolute atomic E-state index is 0.0354. The number of nitrogens with one attached hydrogen (secondary N) is 2. The van der Waals surface area contributed by atoms with Gasteiger partial charge in [0.1, 0.15) is 0 Å². The summed E-state index contributed by atoms with van der Waals surface area (Å²) >= 11 is 12.2. The number of carbonyl (C=O) groups is 1. The summed E-state index contributed by atoms with van der Waals surface area (Å²) in [4.78, 5) is 21.2. The number of piperazine rings is 1. The van der Waals surface area contributed by atoms with E-state index in [4.69, 9.17) is 23.2 Å². The van der Waals surface area contributed by atoms with E-state index in [0.29, 0.717) is 47.0 Å². The zero-order valence-electron chi connectivity index (χ0n) is 17.3. The average Bonchev–Trinajstić information content (AvgIpc) is 2.76.